The van der Waals surface area contributed by atoms with E-state index in [4.69, 9.17) is 0 Å². The topological polar surface area (TPSA) is 3.24 Å². The molecule has 0 spiro atoms. The van der Waals surface area contributed by atoms with E-state index in [1.54, 1.807) is 0 Å². The maximum Gasteiger partial charge on any atom is 0.0369 e. The molecule has 0 N–H and O–H groups in total. The number of hydrogen-bond acceptors (Lipinski definition) is 2. The Morgan fingerprint density at radius 1 is 1.50 bits per heavy atom. The average molecular weight is 300 g/mol. The van der Waals surface area contributed by atoms with Crippen LogP contribution < -0.4 is 4.90 Å². The van der Waals surface area contributed by atoms with Gasteiger partial charge in [-0.05, 0) is 30.2 Å². The molecule has 1 unspecified atom stereocenters. The fourth-order valence-corrected chi connectivity index (χ4v) is 3.72. The first-order chi connectivity index (χ1) is 7.70. The van der Waals surface area contributed by atoms with E-state index in [1.807, 2.05) is 0 Å². The zero-order chi connectivity index (χ0) is 11.5. The molecule has 88 valence electrons. The lowest BCUT2D eigenvalue weighted by molar-refractivity contribution is 0.782. The second-order valence-electron chi connectivity index (χ2n) is 4.37. The summed E-state index contributed by atoms with van der Waals surface area (Å²) >= 11 is 5.60. The van der Waals surface area contributed by atoms with Gasteiger partial charge in [0.15, 0.2) is 0 Å². The van der Waals surface area contributed by atoms with Gasteiger partial charge in [0.2, 0.25) is 0 Å². The number of nitrogens with zero attached hydrogens (tertiary/aromatic N) is 1. The van der Waals surface area contributed by atoms with E-state index in [1.165, 1.54) is 35.7 Å². The Kier molecular flexibility index (Phi) is 4.20. The molecule has 16 heavy (non-hydrogen) atoms. The second kappa shape index (κ2) is 5.46. The molecule has 0 aliphatic carbocycles. The van der Waals surface area contributed by atoms with Crippen molar-refractivity contribution < 1.29 is 0 Å². The molecule has 1 heterocycles. The second-order valence-corrected chi connectivity index (χ2v) is 6.48. The third-order valence-electron chi connectivity index (χ3n) is 3.08. The Bertz CT molecular complexity index is 367. The number of halogens is 1. The zero-order valence-electron chi connectivity index (χ0n) is 9.87. The van der Waals surface area contributed by atoms with Crippen LogP contribution in [0, 0.1) is 6.92 Å². The smallest absolute Gasteiger partial charge is 0.0369 e. The fraction of sp³-hybridized carbons (Fsp3) is 0.538. The summed E-state index contributed by atoms with van der Waals surface area (Å²) in [7, 11) is 0. The summed E-state index contributed by atoms with van der Waals surface area (Å²) in [5.74, 6) is 1.25. The van der Waals surface area contributed by atoms with Gasteiger partial charge in [-0.15, -0.1) is 0 Å². The summed E-state index contributed by atoms with van der Waals surface area (Å²) in [5, 5.41) is 1.70. The molecule has 0 saturated carbocycles. The van der Waals surface area contributed by atoms with Crippen LogP contribution in [0.5, 0.6) is 0 Å². The summed E-state index contributed by atoms with van der Waals surface area (Å²) in [6, 6.07) is 6.82. The Hall–Kier alpha value is -0.150. The normalized spacial score (nSPS) is 21.2. The highest BCUT2D eigenvalue weighted by Crippen LogP contribution is 2.26. The summed E-state index contributed by atoms with van der Waals surface area (Å²) < 4.78 is 0. The van der Waals surface area contributed by atoms with Crippen LogP contribution in [0.15, 0.2) is 18.2 Å². The third kappa shape index (κ3) is 2.75. The minimum atomic E-state index is 0.755. The van der Waals surface area contributed by atoms with Gasteiger partial charge in [-0.2, -0.15) is 11.8 Å². The number of alkyl halides is 1. The number of anilines is 1. The highest BCUT2D eigenvalue weighted by Gasteiger charge is 2.17. The van der Waals surface area contributed by atoms with Gasteiger partial charge in [-0.3, -0.25) is 0 Å². The van der Waals surface area contributed by atoms with Crippen LogP contribution in [0.4, 0.5) is 5.69 Å². The van der Waals surface area contributed by atoms with Crippen LogP contribution in [0.1, 0.15) is 18.1 Å². The lowest BCUT2D eigenvalue weighted by Crippen LogP contribution is -2.36. The van der Waals surface area contributed by atoms with Gasteiger partial charge in [0.05, 0.1) is 0 Å². The summed E-state index contributed by atoms with van der Waals surface area (Å²) in [4.78, 5) is 2.51. The zero-order valence-corrected chi connectivity index (χ0v) is 12.3. The predicted molar refractivity (Wildman–Crippen MR) is 77.9 cm³/mol. The van der Waals surface area contributed by atoms with E-state index in [-0.39, 0.29) is 0 Å². The molecule has 0 bridgehead atoms. The van der Waals surface area contributed by atoms with Crippen molar-refractivity contribution in [2.75, 3.05) is 23.7 Å². The SMILES string of the molecule is Cc1cc(N2CCSC(C)C2)ccc1CBr. The minimum absolute atomic E-state index is 0.755. The monoisotopic (exact) mass is 299 g/mol. The Morgan fingerprint density at radius 3 is 2.94 bits per heavy atom. The number of aryl methyl sites for hydroxylation is 1. The molecular weight excluding hydrogens is 282 g/mol. The Morgan fingerprint density at radius 2 is 2.31 bits per heavy atom. The molecule has 1 aromatic carbocycles. The van der Waals surface area contributed by atoms with Gasteiger partial charge in [0.1, 0.15) is 0 Å². The van der Waals surface area contributed by atoms with Crippen molar-refractivity contribution in [3.05, 3.63) is 29.3 Å². The average Bonchev–Trinajstić information content (AvgIpc) is 2.29. The molecule has 3 heteroatoms. The molecule has 1 fully saturated rings. The molecule has 1 aliphatic rings. The van der Waals surface area contributed by atoms with Gasteiger partial charge in [-0.1, -0.05) is 28.9 Å². The predicted octanol–water partition coefficient (Wildman–Crippen LogP) is 3.83. The molecule has 2 rings (SSSR count). The van der Waals surface area contributed by atoms with Crippen molar-refractivity contribution in [3.63, 3.8) is 0 Å². The molecule has 0 radical (unpaired) electrons. The maximum atomic E-state index is 3.52. The van der Waals surface area contributed by atoms with E-state index in [2.05, 4.69) is 64.6 Å². The quantitative estimate of drug-likeness (QED) is 0.764. The molecule has 1 aliphatic heterocycles. The summed E-state index contributed by atoms with van der Waals surface area (Å²) in [5.41, 5.74) is 4.16. The number of thioether (sulfide) groups is 1. The van der Waals surface area contributed by atoms with Crippen LogP contribution in [0.25, 0.3) is 0 Å². The van der Waals surface area contributed by atoms with E-state index in [9.17, 15) is 0 Å². The molecule has 0 aromatic heterocycles. The third-order valence-corrected chi connectivity index (χ3v) is 4.82. The first-order valence-electron chi connectivity index (χ1n) is 5.72. The minimum Gasteiger partial charge on any atom is -0.370 e. The first kappa shape index (κ1) is 12.3. The molecular formula is C13H18BrNS. The maximum absolute atomic E-state index is 3.52. The van der Waals surface area contributed by atoms with Crippen molar-refractivity contribution in [3.8, 4) is 0 Å². The van der Waals surface area contributed by atoms with Gasteiger partial charge in [0, 0.05) is 35.1 Å². The molecule has 1 saturated heterocycles. The van der Waals surface area contributed by atoms with Gasteiger partial charge in [0.25, 0.3) is 0 Å². The summed E-state index contributed by atoms with van der Waals surface area (Å²) in [6.45, 7) is 6.87. The van der Waals surface area contributed by atoms with E-state index in [0.717, 1.165) is 10.6 Å². The summed E-state index contributed by atoms with van der Waals surface area (Å²) in [6.07, 6.45) is 0. The fourth-order valence-electron chi connectivity index (χ4n) is 2.08. The van der Waals surface area contributed by atoms with Gasteiger partial charge < -0.3 is 4.90 Å². The molecule has 1 aromatic rings. The van der Waals surface area contributed by atoms with Crippen molar-refractivity contribution in [1.82, 2.24) is 0 Å². The van der Waals surface area contributed by atoms with Crippen LogP contribution in [-0.4, -0.2) is 24.1 Å². The lowest BCUT2D eigenvalue weighted by atomic mass is 10.1. The van der Waals surface area contributed by atoms with E-state index < -0.39 is 0 Å². The van der Waals surface area contributed by atoms with Crippen LogP contribution >= 0.6 is 27.7 Å². The van der Waals surface area contributed by atoms with Crippen molar-refractivity contribution in [1.29, 1.82) is 0 Å². The highest BCUT2D eigenvalue weighted by molar-refractivity contribution is 9.08. The standard InChI is InChI=1S/C13H18BrNS/c1-10-7-13(4-3-12(10)8-14)15-5-6-16-11(2)9-15/h3-4,7,11H,5-6,8-9H2,1-2H3. The van der Waals surface area contributed by atoms with E-state index >= 15 is 0 Å². The Balaban J connectivity index is 2.17. The van der Waals surface area contributed by atoms with Crippen LogP contribution in [0.3, 0.4) is 0 Å². The van der Waals surface area contributed by atoms with Crippen LogP contribution in [0.2, 0.25) is 0 Å². The van der Waals surface area contributed by atoms with E-state index in [0.29, 0.717) is 0 Å². The molecule has 1 nitrogen and oxygen atoms in total. The van der Waals surface area contributed by atoms with Gasteiger partial charge in [-0.25, -0.2) is 0 Å². The molecule has 1 atom stereocenters. The number of rotatable bonds is 2. The largest absolute Gasteiger partial charge is 0.370 e. The first-order valence-corrected chi connectivity index (χ1v) is 7.90. The van der Waals surface area contributed by atoms with Crippen molar-refractivity contribution in [2.45, 2.75) is 24.4 Å². The van der Waals surface area contributed by atoms with Gasteiger partial charge >= 0.3 is 0 Å². The lowest BCUT2D eigenvalue weighted by Gasteiger charge is -2.32. The van der Waals surface area contributed by atoms with Crippen LogP contribution in [-0.2, 0) is 5.33 Å². The number of benzene rings is 1. The highest BCUT2D eigenvalue weighted by atomic mass is 79.9. The van der Waals surface area contributed by atoms with Crippen molar-refractivity contribution >= 4 is 33.4 Å². The number of hydrogen-bond donors (Lipinski definition) is 0. The van der Waals surface area contributed by atoms with Crippen molar-refractivity contribution in [2.24, 2.45) is 0 Å². The molecule has 0 amide bonds. The Labute approximate surface area is 111 Å².